The normalized spacial score (nSPS) is 16.6. The molecule has 3 rings (SSSR count). The summed E-state index contributed by atoms with van der Waals surface area (Å²) < 4.78 is 10.4. The molecule has 0 amide bonds. The molecule has 0 aromatic heterocycles. The van der Waals surface area contributed by atoms with Gasteiger partial charge in [-0.05, 0) is 23.8 Å². The highest BCUT2D eigenvalue weighted by molar-refractivity contribution is 5.94. The van der Waals surface area contributed by atoms with Crippen LogP contribution in [-0.4, -0.2) is 18.2 Å². The van der Waals surface area contributed by atoms with Crippen LogP contribution in [0.1, 0.15) is 27.6 Å². The maximum atomic E-state index is 11.7. The fraction of sp³-hybridized carbons (Fsp3) is 0.188. The second-order valence-electron chi connectivity index (χ2n) is 4.69. The van der Waals surface area contributed by atoms with Crippen LogP contribution in [0.5, 0.6) is 11.5 Å². The number of carbonyl (C=O) groups excluding carboxylic acids is 1. The Morgan fingerprint density at radius 1 is 1.25 bits per heavy atom. The minimum Gasteiger partial charge on any atom is -0.504 e. The first-order chi connectivity index (χ1) is 9.69. The molecule has 20 heavy (non-hydrogen) atoms. The van der Waals surface area contributed by atoms with Crippen LogP contribution in [0, 0.1) is 0 Å². The van der Waals surface area contributed by atoms with Crippen molar-refractivity contribution in [3.05, 3.63) is 59.2 Å². The molecule has 1 unspecified atom stereocenters. The van der Waals surface area contributed by atoms with E-state index in [-0.39, 0.29) is 17.8 Å². The Balaban J connectivity index is 1.86. The summed E-state index contributed by atoms with van der Waals surface area (Å²) in [5.74, 6) is 0.225. The summed E-state index contributed by atoms with van der Waals surface area (Å²) in [6.07, 6.45) is 0.229. The molecule has 0 saturated carbocycles. The number of benzene rings is 2. The largest absolute Gasteiger partial charge is 0.504 e. The molecular formula is C16H14O4. The van der Waals surface area contributed by atoms with Crippen molar-refractivity contribution in [1.82, 2.24) is 0 Å². The predicted octanol–water partition coefficient (Wildman–Crippen LogP) is 2.86. The average molecular weight is 270 g/mol. The van der Waals surface area contributed by atoms with E-state index in [0.29, 0.717) is 17.7 Å². The molecule has 0 aliphatic carbocycles. The first kappa shape index (κ1) is 12.5. The third-order valence-corrected chi connectivity index (χ3v) is 3.44. The molecular weight excluding hydrogens is 256 g/mol. The third kappa shape index (κ3) is 2.09. The van der Waals surface area contributed by atoms with E-state index in [2.05, 4.69) is 0 Å². The van der Waals surface area contributed by atoms with Crippen LogP contribution in [0.25, 0.3) is 0 Å². The molecule has 1 aliphatic heterocycles. The number of fused-ring (bicyclic) bond motifs is 1. The van der Waals surface area contributed by atoms with Crippen LogP contribution < -0.4 is 4.74 Å². The third-order valence-electron chi connectivity index (χ3n) is 3.44. The lowest BCUT2D eigenvalue weighted by Crippen LogP contribution is -2.02. The van der Waals surface area contributed by atoms with Gasteiger partial charge in [0.15, 0.2) is 11.5 Å². The summed E-state index contributed by atoms with van der Waals surface area (Å²) in [7, 11) is 1.50. The van der Waals surface area contributed by atoms with Gasteiger partial charge in [0.05, 0.1) is 12.7 Å². The minimum atomic E-state index is -0.300. The molecule has 102 valence electrons. The van der Waals surface area contributed by atoms with Crippen LogP contribution >= 0.6 is 0 Å². The molecule has 0 fully saturated rings. The molecule has 1 heterocycles. The molecule has 1 atom stereocenters. The van der Waals surface area contributed by atoms with E-state index in [0.717, 1.165) is 11.1 Å². The lowest BCUT2D eigenvalue weighted by Gasteiger charge is -2.12. The average Bonchev–Trinajstić information content (AvgIpc) is 2.76. The number of aromatic hydroxyl groups is 1. The zero-order chi connectivity index (χ0) is 14.1. The Bertz CT molecular complexity index is 663. The number of cyclic esters (lactones) is 1. The second-order valence-corrected chi connectivity index (χ2v) is 4.69. The van der Waals surface area contributed by atoms with Crippen molar-refractivity contribution in [3.8, 4) is 11.5 Å². The molecule has 0 spiro atoms. The summed E-state index contributed by atoms with van der Waals surface area (Å²) in [6, 6.07) is 12.6. The summed E-state index contributed by atoms with van der Waals surface area (Å²) in [6.45, 7) is 0. The summed E-state index contributed by atoms with van der Waals surface area (Å²) in [4.78, 5) is 11.7. The lowest BCUT2D eigenvalue weighted by molar-refractivity contribution is 0.0387. The Labute approximate surface area is 116 Å². The number of rotatable bonds is 3. The van der Waals surface area contributed by atoms with Gasteiger partial charge in [-0.25, -0.2) is 4.79 Å². The van der Waals surface area contributed by atoms with Crippen molar-refractivity contribution < 1.29 is 19.4 Å². The number of ether oxygens (including phenoxy) is 2. The molecule has 4 nitrogen and oxygen atoms in total. The van der Waals surface area contributed by atoms with Crippen molar-refractivity contribution in [2.45, 2.75) is 12.5 Å². The van der Waals surface area contributed by atoms with Gasteiger partial charge < -0.3 is 14.6 Å². The van der Waals surface area contributed by atoms with Crippen molar-refractivity contribution in [1.29, 1.82) is 0 Å². The van der Waals surface area contributed by atoms with Gasteiger partial charge in [0.25, 0.3) is 0 Å². The zero-order valence-electron chi connectivity index (χ0n) is 11.0. The van der Waals surface area contributed by atoms with E-state index in [4.69, 9.17) is 9.47 Å². The van der Waals surface area contributed by atoms with Gasteiger partial charge in [-0.15, -0.1) is 0 Å². The van der Waals surface area contributed by atoms with E-state index < -0.39 is 0 Å². The molecule has 0 saturated heterocycles. The Morgan fingerprint density at radius 2 is 2.05 bits per heavy atom. The number of phenols is 1. The van der Waals surface area contributed by atoms with Crippen molar-refractivity contribution >= 4 is 5.97 Å². The van der Waals surface area contributed by atoms with E-state index in [1.54, 1.807) is 18.2 Å². The van der Waals surface area contributed by atoms with Gasteiger partial charge in [-0.1, -0.05) is 24.3 Å². The highest BCUT2D eigenvalue weighted by atomic mass is 16.5. The van der Waals surface area contributed by atoms with Crippen molar-refractivity contribution in [3.63, 3.8) is 0 Å². The van der Waals surface area contributed by atoms with Gasteiger partial charge in [-0.2, -0.15) is 0 Å². The van der Waals surface area contributed by atoms with Gasteiger partial charge in [0, 0.05) is 12.0 Å². The van der Waals surface area contributed by atoms with Crippen LogP contribution in [0.3, 0.4) is 0 Å². The summed E-state index contributed by atoms with van der Waals surface area (Å²) in [5, 5.41) is 9.78. The fourth-order valence-electron chi connectivity index (χ4n) is 2.45. The number of hydrogen-bond acceptors (Lipinski definition) is 4. The van der Waals surface area contributed by atoms with E-state index in [1.807, 2.05) is 24.3 Å². The maximum absolute atomic E-state index is 11.7. The number of methoxy groups -OCH3 is 1. The van der Waals surface area contributed by atoms with E-state index >= 15 is 0 Å². The highest BCUT2D eigenvalue weighted by Crippen LogP contribution is 2.34. The van der Waals surface area contributed by atoms with Crippen molar-refractivity contribution in [2.75, 3.05) is 7.11 Å². The van der Waals surface area contributed by atoms with Crippen LogP contribution in [-0.2, 0) is 11.2 Å². The second kappa shape index (κ2) is 4.89. The predicted molar refractivity (Wildman–Crippen MR) is 73.0 cm³/mol. The maximum Gasteiger partial charge on any atom is 0.339 e. The van der Waals surface area contributed by atoms with Crippen LogP contribution in [0.4, 0.5) is 0 Å². The summed E-state index contributed by atoms with van der Waals surface area (Å²) >= 11 is 0. The monoisotopic (exact) mass is 270 g/mol. The molecule has 1 N–H and O–H groups in total. The first-order valence-electron chi connectivity index (χ1n) is 6.35. The number of hydrogen-bond donors (Lipinski definition) is 1. The first-order valence-corrected chi connectivity index (χ1v) is 6.35. The van der Waals surface area contributed by atoms with Gasteiger partial charge in [0.2, 0.25) is 0 Å². The quantitative estimate of drug-likeness (QED) is 0.871. The Morgan fingerprint density at radius 3 is 2.80 bits per heavy atom. The van der Waals surface area contributed by atoms with Gasteiger partial charge in [0.1, 0.15) is 6.10 Å². The molecule has 0 radical (unpaired) electrons. The number of esters is 1. The Kier molecular flexibility index (Phi) is 3.06. The fourth-order valence-corrected chi connectivity index (χ4v) is 2.45. The van der Waals surface area contributed by atoms with Crippen molar-refractivity contribution in [2.24, 2.45) is 0 Å². The Hall–Kier alpha value is -2.49. The smallest absolute Gasteiger partial charge is 0.339 e. The molecule has 0 bridgehead atoms. The topological polar surface area (TPSA) is 55.8 Å². The molecule has 1 aliphatic rings. The standard InChI is InChI=1S/C16H14O4/c1-19-14-7-6-10(8-13(14)17)9-15-11-4-2-3-5-12(11)16(18)20-15/h2-8,15,17H,9H2,1H3. The van der Waals surface area contributed by atoms with Crippen LogP contribution in [0.2, 0.25) is 0 Å². The SMILES string of the molecule is COc1ccc(CC2OC(=O)c3ccccc32)cc1O. The van der Waals surface area contributed by atoms with E-state index in [1.165, 1.54) is 7.11 Å². The molecule has 4 heteroatoms. The molecule has 2 aromatic rings. The zero-order valence-corrected chi connectivity index (χ0v) is 11.0. The number of phenolic OH excluding ortho intramolecular Hbond substituents is 1. The highest BCUT2D eigenvalue weighted by Gasteiger charge is 2.30. The van der Waals surface area contributed by atoms with Gasteiger partial charge in [-0.3, -0.25) is 0 Å². The summed E-state index contributed by atoms with van der Waals surface area (Å²) in [5.41, 5.74) is 2.40. The van der Waals surface area contributed by atoms with E-state index in [9.17, 15) is 9.90 Å². The van der Waals surface area contributed by atoms with Gasteiger partial charge >= 0.3 is 5.97 Å². The molecule has 2 aromatic carbocycles. The lowest BCUT2D eigenvalue weighted by atomic mass is 9.99. The van der Waals surface area contributed by atoms with Crippen LogP contribution in [0.15, 0.2) is 42.5 Å². The minimum absolute atomic E-state index is 0.0857. The number of carbonyl (C=O) groups is 1.